The molecule has 2 aromatic rings. The maximum absolute atomic E-state index is 5.82. The fraction of sp³-hybridized carbons (Fsp3) is 0.143. The van der Waals surface area contributed by atoms with Crippen LogP contribution < -0.4 is 4.74 Å². The summed E-state index contributed by atoms with van der Waals surface area (Å²) >= 11 is 2.28. The van der Waals surface area contributed by atoms with Crippen molar-refractivity contribution in [2.45, 2.75) is 13.8 Å². The van der Waals surface area contributed by atoms with E-state index >= 15 is 0 Å². The molecule has 2 rings (SSSR count). The highest BCUT2D eigenvalue weighted by Gasteiger charge is 2.01. The molecular weight excluding hydrogens is 311 g/mol. The van der Waals surface area contributed by atoms with Gasteiger partial charge < -0.3 is 4.74 Å². The predicted octanol–water partition coefficient (Wildman–Crippen LogP) is 4.70. The van der Waals surface area contributed by atoms with E-state index < -0.39 is 0 Å². The fourth-order valence-corrected chi connectivity index (χ4v) is 1.90. The molecule has 0 N–H and O–H groups in total. The van der Waals surface area contributed by atoms with E-state index in [1.165, 1.54) is 14.7 Å². The molecule has 1 nitrogen and oxygen atoms in total. The second-order valence-electron chi connectivity index (χ2n) is 3.82. The van der Waals surface area contributed by atoms with Crippen LogP contribution in [0, 0.1) is 17.4 Å². The van der Waals surface area contributed by atoms with Gasteiger partial charge in [0, 0.05) is 3.57 Å². The average Bonchev–Trinajstić information content (AvgIpc) is 2.25. The van der Waals surface area contributed by atoms with E-state index in [1.54, 1.807) is 0 Å². The third-order valence-corrected chi connectivity index (χ3v) is 3.09. The van der Waals surface area contributed by atoms with Crippen molar-refractivity contribution in [2.24, 2.45) is 0 Å². The minimum absolute atomic E-state index is 0.882. The molecule has 2 aromatic carbocycles. The van der Waals surface area contributed by atoms with Crippen LogP contribution in [-0.2, 0) is 0 Å². The Kier molecular flexibility index (Phi) is 3.49. The molecule has 0 aliphatic heterocycles. The smallest absolute Gasteiger partial charge is 0.130 e. The maximum atomic E-state index is 5.82. The van der Waals surface area contributed by atoms with Gasteiger partial charge in [0.1, 0.15) is 11.5 Å². The Morgan fingerprint density at radius 1 is 0.938 bits per heavy atom. The first-order valence-corrected chi connectivity index (χ1v) is 6.24. The van der Waals surface area contributed by atoms with Gasteiger partial charge in [-0.3, -0.25) is 0 Å². The molecule has 0 radical (unpaired) electrons. The molecule has 16 heavy (non-hydrogen) atoms. The summed E-state index contributed by atoms with van der Waals surface area (Å²) in [7, 11) is 0. The van der Waals surface area contributed by atoms with Crippen LogP contribution in [0.3, 0.4) is 0 Å². The van der Waals surface area contributed by atoms with Crippen molar-refractivity contribution in [3.8, 4) is 11.5 Å². The Labute approximate surface area is 110 Å². The predicted molar refractivity (Wildman–Crippen MR) is 75.1 cm³/mol. The van der Waals surface area contributed by atoms with Crippen molar-refractivity contribution in [3.05, 3.63) is 57.2 Å². The summed E-state index contributed by atoms with van der Waals surface area (Å²) in [5, 5.41) is 0. The lowest BCUT2D eigenvalue weighted by Gasteiger charge is -2.09. The van der Waals surface area contributed by atoms with Gasteiger partial charge in [-0.1, -0.05) is 17.7 Å². The summed E-state index contributed by atoms with van der Waals surface area (Å²) in [5.41, 5.74) is 2.42. The topological polar surface area (TPSA) is 9.23 Å². The van der Waals surface area contributed by atoms with Crippen LogP contribution in [-0.4, -0.2) is 0 Å². The van der Waals surface area contributed by atoms with Crippen LogP contribution in [0.4, 0.5) is 0 Å². The van der Waals surface area contributed by atoms with Crippen LogP contribution in [0.5, 0.6) is 11.5 Å². The summed E-state index contributed by atoms with van der Waals surface area (Å²) in [6, 6.07) is 14.3. The van der Waals surface area contributed by atoms with Crippen LogP contribution >= 0.6 is 22.6 Å². The number of benzene rings is 2. The highest BCUT2D eigenvalue weighted by molar-refractivity contribution is 14.1. The SMILES string of the molecule is Cc1ccc(Oc2ccc(I)cc2)c(C)c1. The van der Waals surface area contributed by atoms with E-state index in [1.807, 2.05) is 30.3 Å². The summed E-state index contributed by atoms with van der Waals surface area (Å²) in [5.74, 6) is 1.80. The number of halogens is 1. The van der Waals surface area contributed by atoms with Gasteiger partial charge in [0.05, 0.1) is 0 Å². The Balaban J connectivity index is 2.23. The van der Waals surface area contributed by atoms with E-state index in [0.29, 0.717) is 0 Å². The highest BCUT2D eigenvalue weighted by atomic mass is 127. The second-order valence-corrected chi connectivity index (χ2v) is 5.07. The number of aryl methyl sites for hydroxylation is 2. The van der Waals surface area contributed by atoms with E-state index in [4.69, 9.17) is 4.74 Å². The largest absolute Gasteiger partial charge is 0.457 e. The average molecular weight is 324 g/mol. The molecule has 0 saturated carbocycles. The lowest BCUT2D eigenvalue weighted by atomic mass is 10.1. The van der Waals surface area contributed by atoms with Gasteiger partial charge in [-0.05, 0) is 72.3 Å². The Bertz CT molecular complexity index is 489. The van der Waals surface area contributed by atoms with Gasteiger partial charge in [0.15, 0.2) is 0 Å². The molecule has 0 unspecified atom stereocenters. The molecule has 0 aromatic heterocycles. The molecule has 0 saturated heterocycles. The van der Waals surface area contributed by atoms with Crippen LogP contribution in [0.15, 0.2) is 42.5 Å². The van der Waals surface area contributed by atoms with Gasteiger partial charge in [0.25, 0.3) is 0 Å². The van der Waals surface area contributed by atoms with Gasteiger partial charge in [0.2, 0.25) is 0 Å². The number of hydrogen-bond donors (Lipinski definition) is 0. The van der Waals surface area contributed by atoms with E-state index in [9.17, 15) is 0 Å². The molecule has 82 valence electrons. The molecule has 0 atom stereocenters. The van der Waals surface area contributed by atoms with E-state index in [-0.39, 0.29) is 0 Å². The number of rotatable bonds is 2. The third-order valence-electron chi connectivity index (χ3n) is 2.37. The zero-order valence-electron chi connectivity index (χ0n) is 9.33. The first-order valence-electron chi connectivity index (χ1n) is 5.16. The van der Waals surface area contributed by atoms with Gasteiger partial charge in [-0.25, -0.2) is 0 Å². The zero-order valence-corrected chi connectivity index (χ0v) is 11.5. The van der Waals surface area contributed by atoms with Crippen molar-refractivity contribution >= 4 is 22.6 Å². The fourth-order valence-electron chi connectivity index (χ4n) is 1.54. The highest BCUT2D eigenvalue weighted by Crippen LogP contribution is 2.25. The van der Waals surface area contributed by atoms with Crippen molar-refractivity contribution in [1.29, 1.82) is 0 Å². The molecule has 0 spiro atoms. The normalized spacial score (nSPS) is 10.2. The van der Waals surface area contributed by atoms with Gasteiger partial charge in [-0.2, -0.15) is 0 Å². The Morgan fingerprint density at radius 3 is 2.25 bits per heavy atom. The van der Waals surface area contributed by atoms with Crippen LogP contribution in [0.2, 0.25) is 0 Å². The van der Waals surface area contributed by atoms with Gasteiger partial charge >= 0.3 is 0 Å². The minimum atomic E-state index is 0.882. The molecule has 0 aliphatic rings. The second kappa shape index (κ2) is 4.87. The molecule has 0 bridgehead atoms. The summed E-state index contributed by atoms with van der Waals surface area (Å²) in [6.07, 6.45) is 0. The molecule has 0 amide bonds. The first-order chi connectivity index (χ1) is 7.65. The summed E-state index contributed by atoms with van der Waals surface area (Å²) in [4.78, 5) is 0. The lowest BCUT2D eigenvalue weighted by Crippen LogP contribution is -1.88. The van der Waals surface area contributed by atoms with Crippen molar-refractivity contribution < 1.29 is 4.74 Å². The maximum Gasteiger partial charge on any atom is 0.130 e. The minimum Gasteiger partial charge on any atom is -0.457 e. The molecular formula is C14H13IO. The zero-order chi connectivity index (χ0) is 11.5. The Morgan fingerprint density at radius 2 is 1.62 bits per heavy atom. The van der Waals surface area contributed by atoms with E-state index in [0.717, 1.165) is 11.5 Å². The third kappa shape index (κ3) is 2.76. The Hall–Kier alpha value is -1.03. The lowest BCUT2D eigenvalue weighted by molar-refractivity contribution is 0.478. The standard InChI is InChI=1S/C14H13IO/c1-10-3-8-14(11(2)9-10)16-13-6-4-12(15)5-7-13/h3-9H,1-2H3. The molecule has 0 fully saturated rings. The number of hydrogen-bond acceptors (Lipinski definition) is 1. The molecule has 0 aliphatic carbocycles. The molecule has 2 heteroatoms. The quantitative estimate of drug-likeness (QED) is 0.728. The monoisotopic (exact) mass is 324 g/mol. The summed E-state index contributed by atoms with van der Waals surface area (Å²) < 4.78 is 7.03. The molecule has 0 heterocycles. The summed E-state index contributed by atoms with van der Waals surface area (Å²) in [6.45, 7) is 4.15. The van der Waals surface area contributed by atoms with Crippen molar-refractivity contribution in [1.82, 2.24) is 0 Å². The van der Waals surface area contributed by atoms with E-state index in [2.05, 4.69) is 48.6 Å². The van der Waals surface area contributed by atoms with Gasteiger partial charge in [-0.15, -0.1) is 0 Å². The van der Waals surface area contributed by atoms with Crippen molar-refractivity contribution in [2.75, 3.05) is 0 Å². The number of ether oxygens (including phenoxy) is 1. The first kappa shape index (κ1) is 11.5. The van der Waals surface area contributed by atoms with Crippen molar-refractivity contribution in [3.63, 3.8) is 0 Å². The van der Waals surface area contributed by atoms with Crippen LogP contribution in [0.1, 0.15) is 11.1 Å². The van der Waals surface area contributed by atoms with Crippen LogP contribution in [0.25, 0.3) is 0 Å².